The van der Waals surface area contributed by atoms with Crippen LogP contribution in [-0.4, -0.2) is 24.3 Å². The van der Waals surface area contributed by atoms with Gasteiger partial charge >= 0.3 is 5.69 Å². The van der Waals surface area contributed by atoms with E-state index in [1.807, 2.05) is 0 Å². The summed E-state index contributed by atoms with van der Waals surface area (Å²) in [6.07, 6.45) is 3.27. The second-order valence-electron chi connectivity index (χ2n) is 4.79. The molecule has 2 heterocycles. The standard InChI is InChI=1S/C12H12N6O2/c1-17-9(15-10(16-17)7-2-3-7)6-18-11(19)8(4-13)5-14-12(18)20/h5,7H,2-3,6H2,1H3,(H,14,20). The van der Waals surface area contributed by atoms with Crippen LogP contribution in [0.15, 0.2) is 15.8 Å². The molecule has 0 amide bonds. The third kappa shape index (κ3) is 2.03. The highest BCUT2D eigenvalue weighted by Gasteiger charge is 2.28. The van der Waals surface area contributed by atoms with E-state index < -0.39 is 11.2 Å². The van der Waals surface area contributed by atoms with Crippen molar-refractivity contribution >= 4 is 0 Å². The van der Waals surface area contributed by atoms with Gasteiger partial charge in [0.05, 0.1) is 6.54 Å². The molecule has 0 unspecified atom stereocenters. The Morgan fingerprint density at radius 1 is 1.50 bits per heavy atom. The number of H-pyrrole nitrogens is 1. The summed E-state index contributed by atoms with van der Waals surface area (Å²) >= 11 is 0. The van der Waals surface area contributed by atoms with Crippen molar-refractivity contribution in [3.8, 4) is 6.07 Å². The second-order valence-corrected chi connectivity index (χ2v) is 4.79. The third-order valence-corrected chi connectivity index (χ3v) is 3.29. The minimum atomic E-state index is -0.618. The van der Waals surface area contributed by atoms with E-state index in [0.29, 0.717) is 11.7 Å². The van der Waals surface area contributed by atoms with Crippen LogP contribution in [0.1, 0.15) is 36.0 Å². The van der Waals surface area contributed by atoms with Gasteiger partial charge < -0.3 is 4.98 Å². The second kappa shape index (κ2) is 4.45. The molecule has 1 saturated carbocycles. The summed E-state index contributed by atoms with van der Waals surface area (Å²) in [5, 5.41) is 13.1. The van der Waals surface area contributed by atoms with Gasteiger partial charge in [0.2, 0.25) is 0 Å². The lowest BCUT2D eigenvalue weighted by molar-refractivity contribution is 0.614. The molecular weight excluding hydrogens is 260 g/mol. The normalized spacial score (nSPS) is 14.2. The van der Waals surface area contributed by atoms with E-state index in [4.69, 9.17) is 5.26 Å². The lowest BCUT2D eigenvalue weighted by atomic mass is 10.3. The molecule has 102 valence electrons. The summed E-state index contributed by atoms with van der Waals surface area (Å²) in [7, 11) is 1.72. The average Bonchev–Trinajstić information content (AvgIpc) is 3.20. The number of hydrogen-bond acceptors (Lipinski definition) is 5. The Morgan fingerprint density at radius 3 is 2.90 bits per heavy atom. The molecule has 20 heavy (non-hydrogen) atoms. The van der Waals surface area contributed by atoms with Crippen molar-refractivity contribution in [1.29, 1.82) is 5.26 Å². The smallest absolute Gasteiger partial charge is 0.313 e. The summed E-state index contributed by atoms with van der Waals surface area (Å²) in [5.41, 5.74) is -1.29. The Morgan fingerprint density at radius 2 is 2.25 bits per heavy atom. The summed E-state index contributed by atoms with van der Waals surface area (Å²) in [6, 6.07) is 1.75. The van der Waals surface area contributed by atoms with E-state index in [1.165, 1.54) is 0 Å². The molecule has 8 heteroatoms. The summed E-state index contributed by atoms with van der Waals surface area (Å²) in [5.74, 6) is 1.67. The molecular formula is C12H12N6O2. The van der Waals surface area contributed by atoms with E-state index >= 15 is 0 Å². The molecule has 3 rings (SSSR count). The molecule has 0 spiro atoms. The molecule has 2 aromatic rings. The molecule has 1 aliphatic carbocycles. The molecule has 1 N–H and O–H groups in total. The lowest BCUT2D eigenvalue weighted by Gasteiger charge is -2.03. The summed E-state index contributed by atoms with van der Waals surface area (Å²) < 4.78 is 2.53. The highest BCUT2D eigenvalue weighted by atomic mass is 16.2. The monoisotopic (exact) mass is 272 g/mol. The van der Waals surface area contributed by atoms with Crippen LogP contribution in [0.25, 0.3) is 0 Å². The first-order valence-electron chi connectivity index (χ1n) is 6.22. The first-order valence-corrected chi connectivity index (χ1v) is 6.22. The van der Waals surface area contributed by atoms with Crippen LogP contribution >= 0.6 is 0 Å². The molecule has 8 nitrogen and oxygen atoms in total. The SMILES string of the molecule is Cn1nc(C2CC2)nc1Cn1c(=O)[nH]cc(C#N)c1=O. The van der Waals surface area contributed by atoms with E-state index in [9.17, 15) is 9.59 Å². The first-order chi connectivity index (χ1) is 9.60. The number of nitriles is 1. The Kier molecular flexibility index (Phi) is 2.75. The Labute approximate surface area is 113 Å². The molecule has 1 fully saturated rings. The zero-order valence-electron chi connectivity index (χ0n) is 10.8. The number of hydrogen-bond donors (Lipinski definition) is 1. The Balaban J connectivity index is 2.01. The van der Waals surface area contributed by atoms with Gasteiger partial charge in [0.1, 0.15) is 17.5 Å². The first kappa shape index (κ1) is 12.3. The summed E-state index contributed by atoms with van der Waals surface area (Å²) in [4.78, 5) is 30.4. The van der Waals surface area contributed by atoms with Crippen LogP contribution in [0.5, 0.6) is 0 Å². The molecule has 2 aromatic heterocycles. The fourth-order valence-electron chi connectivity index (χ4n) is 1.97. The number of nitrogens with one attached hydrogen (secondary N) is 1. The van der Waals surface area contributed by atoms with Gasteiger partial charge in [-0.1, -0.05) is 0 Å². The van der Waals surface area contributed by atoms with Crippen molar-refractivity contribution in [1.82, 2.24) is 24.3 Å². The van der Waals surface area contributed by atoms with E-state index in [-0.39, 0.29) is 12.1 Å². The maximum absolute atomic E-state index is 12.0. The van der Waals surface area contributed by atoms with Crippen molar-refractivity contribution < 1.29 is 0 Å². The number of aromatic amines is 1. The Hall–Kier alpha value is -2.69. The molecule has 0 aromatic carbocycles. The van der Waals surface area contributed by atoms with E-state index in [1.54, 1.807) is 17.8 Å². The predicted octanol–water partition coefficient (Wildman–Crippen LogP) is -0.538. The zero-order chi connectivity index (χ0) is 14.3. The minimum Gasteiger partial charge on any atom is -0.313 e. The number of rotatable bonds is 3. The lowest BCUT2D eigenvalue weighted by Crippen LogP contribution is -2.37. The van der Waals surface area contributed by atoms with Crippen molar-refractivity contribution in [3.05, 3.63) is 44.2 Å². The topological polar surface area (TPSA) is 109 Å². The maximum Gasteiger partial charge on any atom is 0.328 e. The van der Waals surface area contributed by atoms with Gasteiger partial charge in [-0.15, -0.1) is 0 Å². The fourth-order valence-corrected chi connectivity index (χ4v) is 1.97. The molecule has 0 atom stereocenters. The van der Waals surface area contributed by atoms with Crippen molar-refractivity contribution in [2.24, 2.45) is 7.05 Å². The molecule has 0 aliphatic heterocycles. The highest BCUT2D eigenvalue weighted by Crippen LogP contribution is 2.37. The van der Waals surface area contributed by atoms with Gasteiger partial charge in [-0.2, -0.15) is 10.4 Å². The van der Waals surface area contributed by atoms with Crippen LogP contribution in [0.3, 0.4) is 0 Å². The van der Waals surface area contributed by atoms with Gasteiger partial charge in [-0.25, -0.2) is 9.78 Å². The Bertz CT molecular complexity index is 818. The minimum absolute atomic E-state index is 0.0000926. The van der Waals surface area contributed by atoms with Gasteiger partial charge in [0.25, 0.3) is 5.56 Å². The van der Waals surface area contributed by atoms with Gasteiger partial charge in [0, 0.05) is 19.2 Å². The van der Waals surface area contributed by atoms with E-state index in [0.717, 1.165) is 29.4 Å². The molecule has 0 saturated heterocycles. The third-order valence-electron chi connectivity index (χ3n) is 3.29. The van der Waals surface area contributed by atoms with Crippen LogP contribution < -0.4 is 11.2 Å². The van der Waals surface area contributed by atoms with Crippen molar-refractivity contribution in [3.63, 3.8) is 0 Å². The van der Waals surface area contributed by atoms with Crippen molar-refractivity contribution in [2.45, 2.75) is 25.3 Å². The van der Waals surface area contributed by atoms with E-state index in [2.05, 4.69) is 15.1 Å². The average molecular weight is 272 g/mol. The summed E-state index contributed by atoms with van der Waals surface area (Å²) in [6.45, 7) is -0.0000926. The molecule has 1 aliphatic rings. The predicted molar refractivity (Wildman–Crippen MR) is 68.1 cm³/mol. The van der Waals surface area contributed by atoms with Gasteiger partial charge in [-0.05, 0) is 12.8 Å². The molecule has 0 radical (unpaired) electrons. The van der Waals surface area contributed by atoms with Crippen molar-refractivity contribution in [2.75, 3.05) is 0 Å². The quantitative estimate of drug-likeness (QED) is 0.807. The highest BCUT2D eigenvalue weighted by molar-refractivity contribution is 5.22. The van der Waals surface area contributed by atoms with Crippen LogP contribution in [-0.2, 0) is 13.6 Å². The number of aryl methyl sites for hydroxylation is 1. The fraction of sp³-hybridized carbons (Fsp3) is 0.417. The zero-order valence-corrected chi connectivity index (χ0v) is 10.8. The van der Waals surface area contributed by atoms with Gasteiger partial charge in [0.15, 0.2) is 5.82 Å². The largest absolute Gasteiger partial charge is 0.328 e. The van der Waals surface area contributed by atoms with Crippen LogP contribution in [0, 0.1) is 11.3 Å². The maximum atomic E-state index is 12.0. The number of nitrogens with zero attached hydrogens (tertiary/aromatic N) is 5. The number of aromatic nitrogens is 5. The molecule has 0 bridgehead atoms. The van der Waals surface area contributed by atoms with Gasteiger partial charge in [-0.3, -0.25) is 14.0 Å². The van der Waals surface area contributed by atoms with Crippen LogP contribution in [0.4, 0.5) is 0 Å². The van der Waals surface area contributed by atoms with Crippen LogP contribution in [0.2, 0.25) is 0 Å².